The average Bonchev–Trinajstić information content (AvgIpc) is 2.15. The van der Waals surface area contributed by atoms with Crippen molar-refractivity contribution in [2.24, 2.45) is 0 Å². The number of alkyl halides is 6. The van der Waals surface area contributed by atoms with Crippen LogP contribution in [-0.4, -0.2) is 0 Å². The molecule has 0 aliphatic carbocycles. The molecule has 0 N–H and O–H groups in total. The van der Waals surface area contributed by atoms with E-state index in [4.69, 9.17) is 0 Å². The monoisotopic (exact) mass is 318 g/mol. The van der Waals surface area contributed by atoms with Gasteiger partial charge in [0.2, 0.25) is 0 Å². The lowest BCUT2D eigenvalue weighted by Gasteiger charge is -2.12. The van der Waals surface area contributed by atoms with E-state index in [1.807, 2.05) is 0 Å². The van der Waals surface area contributed by atoms with Crippen LogP contribution in [0.3, 0.4) is 0 Å². The van der Waals surface area contributed by atoms with Gasteiger partial charge < -0.3 is 0 Å². The van der Waals surface area contributed by atoms with E-state index in [2.05, 4.69) is 15.9 Å². The lowest BCUT2D eigenvalue weighted by Crippen LogP contribution is -2.11. The summed E-state index contributed by atoms with van der Waals surface area (Å²) in [7, 11) is 0. The Morgan fingerprint density at radius 2 is 1.24 bits per heavy atom. The molecule has 17 heavy (non-hydrogen) atoms. The molecule has 0 bridgehead atoms. The number of halogens is 7. The Balaban J connectivity index is 3.39. The summed E-state index contributed by atoms with van der Waals surface area (Å²) < 4.78 is 74.2. The minimum atomic E-state index is -4.81. The Bertz CT molecular complexity index is 397. The number of hydrogen-bond acceptors (Lipinski definition) is 0. The first-order valence-electron chi connectivity index (χ1n) is 4.21. The fourth-order valence-electron chi connectivity index (χ4n) is 1.15. The first kappa shape index (κ1) is 14.1. The summed E-state index contributed by atoms with van der Waals surface area (Å²) >= 11 is 2.79. The van der Waals surface area contributed by atoms with Gasteiger partial charge in [-0.05, 0) is 34.8 Å². The number of hydrogen-bond donors (Lipinski definition) is 0. The van der Waals surface area contributed by atoms with E-state index in [1.54, 1.807) is 0 Å². The largest absolute Gasteiger partial charge is 0.416 e. The molecule has 0 fully saturated rings. The van der Waals surface area contributed by atoms with Gasteiger partial charge in [-0.25, -0.2) is 0 Å². The van der Waals surface area contributed by atoms with Crippen molar-refractivity contribution in [1.82, 2.24) is 0 Å². The standard InChI is InChI=1S/C10H5BrF6/c11-2-1-6-3-7(9(12,13)14)5-8(4-6)10(15,16)17/h1-5H. The van der Waals surface area contributed by atoms with Gasteiger partial charge in [-0.3, -0.25) is 0 Å². The summed E-state index contributed by atoms with van der Waals surface area (Å²) in [5, 5.41) is 0. The Morgan fingerprint density at radius 3 is 1.53 bits per heavy atom. The zero-order valence-electron chi connectivity index (χ0n) is 8.03. The van der Waals surface area contributed by atoms with Crippen LogP contribution in [0, 0.1) is 0 Å². The first-order valence-corrected chi connectivity index (χ1v) is 5.12. The van der Waals surface area contributed by atoms with Gasteiger partial charge in [0.05, 0.1) is 11.1 Å². The van der Waals surface area contributed by atoms with Crippen LogP contribution >= 0.6 is 15.9 Å². The van der Waals surface area contributed by atoms with Gasteiger partial charge in [0, 0.05) is 0 Å². The molecule has 0 heterocycles. The van der Waals surface area contributed by atoms with Crippen molar-refractivity contribution in [1.29, 1.82) is 0 Å². The van der Waals surface area contributed by atoms with E-state index >= 15 is 0 Å². The molecule has 94 valence electrons. The fourth-order valence-corrected chi connectivity index (χ4v) is 1.45. The summed E-state index contributed by atoms with van der Waals surface area (Å²) in [4.78, 5) is 1.18. The minimum absolute atomic E-state index is 0.0889. The quantitative estimate of drug-likeness (QED) is 0.633. The van der Waals surface area contributed by atoms with Gasteiger partial charge in [0.15, 0.2) is 0 Å². The van der Waals surface area contributed by atoms with E-state index in [-0.39, 0.29) is 11.6 Å². The Labute approximate surface area is 101 Å². The maximum atomic E-state index is 12.4. The molecule has 1 rings (SSSR count). The maximum absolute atomic E-state index is 12.4. The van der Waals surface area contributed by atoms with Crippen molar-refractivity contribution in [3.8, 4) is 0 Å². The van der Waals surface area contributed by atoms with E-state index in [0.29, 0.717) is 12.1 Å². The molecule has 1 aromatic rings. The number of benzene rings is 1. The summed E-state index contributed by atoms with van der Waals surface area (Å²) in [5.41, 5.74) is -2.83. The topological polar surface area (TPSA) is 0 Å². The Hall–Kier alpha value is -0.980. The molecular formula is C10H5BrF6. The molecule has 0 aromatic heterocycles. The van der Waals surface area contributed by atoms with Crippen LogP contribution in [0.5, 0.6) is 0 Å². The molecule has 0 radical (unpaired) electrons. The van der Waals surface area contributed by atoms with Gasteiger partial charge in [-0.2, -0.15) is 26.3 Å². The van der Waals surface area contributed by atoms with Gasteiger partial charge in [0.1, 0.15) is 0 Å². The zero-order valence-corrected chi connectivity index (χ0v) is 9.62. The van der Waals surface area contributed by atoms with Crippen LogP contribution in [0.4, 0.5) is 26.3 Å². The molecule has 1 aromatic carbocycles. The smallest absolute Gasteiger partial charge is 0.166 e. The second kappa shape index (κ2) is 4.72. The molecule has 0 aliphatic rings. The minimum Gasteiger partial charge on any atom is -0.166 e. The third-order valence-electron chi connectivity index (χ3n) is 1.87. The average molecular weight is 319 g/mol. The predicted octanol–water partition coefficient (Wildman–Crippen LogP) is 5.09. The second-order valence-corrected chi connectivity index (χ2v) is 3.66. The molecule has 7 heteroatoms. The highest BCUT2D eigenvalue weighted by molar-refractivity contribution is 9.11. The predicted molar refractivity (Wildman–Crippen MR) is 54.4 cm³/mol. The van der Waals surface area contributed by atoms with E-state index in [1.165, 1.54) is 4.99 Å². The summed E-state index contributed by atoms with van der Waals surface area (Å²) in [5.74, 6) is 0. The highest BCUT2D eigenvalue weighted by Crippen LogP contribution is 2.36. The van der Waals surface area contributed by atoms with Crippen molar-refractivity contribution >= 4 is 22.0 Å². The molecule has 0 nitrogen and oxygen atoms in total. The molecule has 0 aliphatic heterocycles. The summed E-state index contributed by atoms with van der Waals surface area (Å²) in [6.07, 6.45) is -8.52. The third-order valence-corrected chi connectivity index (χ3v) is 2.13. The molecular weight excluding hydrogens is 314 g/mol. The highest BCUT2D eigenvalue weighted by atomic mass is 79.9. The molecule has 0 unspecified atom stereocenters. The van der Waals surface area contributed by atoms with Crippen LogP contribution in [0.25, 0.3) is 6.08 Å². The molecule has 0 amide bonds. The summed E-state index contributed by atoms with van der Waals surface area (Å²) in [6.45, 7) is 0. The van der Waals surface area contributed by atoms with Crippen molar-refractivity contribution < 1.29 is 26.3 Å². The lowest BCUT2D eigenvalue weighted by atomic mass is 10.0. The van der Waals surface area contributed by atoms with Gasteiger partial charge in [0.25, 0.3) is 0 Å². The van der Waals surface area contributed by atoms with Crippen molar-refractivity contribution in [2.75, 3.05) is 0 Å². The Kier molecular flexibility index (Phi) is 3.91. The first-order chi connectivity index (χ1) is 7.64. The Morgan fingerprint density at radius 1 is 0.824 bits per heavy atom. The van der Waals surface area contributed by atoms with E-state index < -0.39 is 23.5 Å². The molecule has 0 saturated heterocycles. The van der Waals surface area contributed by atoms with E-state index in [9.17, 15) is 26.3 Å². The van der Waals surface area contributed by atoms with Crippen molar-refractivity contribution in [3.63, 3.8) is 0 Å². The normalized spacial score (nSPS) is 13.4. The van der Waals surface area contributed by atoms with Gasteiger partial charge >= 0.3 is 12.4 Å². The van der Waals surface area contributed by atoms with Gasteiger partial charge in [-0.15, -0.1) is 0 Å². The van der Waals surface area contributed by atoms with Crippen LogP contribution in [0.1, 0.15) is 16.7 Å². The van der Waals surface area contributed by atoms with Crippen molar-refractivity contribution in [2.45, 2.75) is 12.4 Å². The molecule has 0 atom stereocenters. The van der Waals surface area contributed by atoms with E-state index in [0.717, 1.165) is 6.08 Å². The highest BCUT2D eigenvalue weighted by Gasteiger charge is 2.36. The second-order valence-electron chi connectivity index (χ2n) is 3.13. The number of rotatable bonds is 1. The fraction of sp³-hybridized carbons (Fsp3) is 0.200. The zero-order chi connectivity index (χ0) is 13.3. The van der Waals surface area contributed by atoms with Crippen LogP contribution in [-0.2, 0) is 12.4 Å². The maximum Gasteiger partial charge on any atom is 0.416 e. The SMILES string of the molecule is FC(F)(F)c1cc(C=CBr)cc(C(F)(F)F)c1. The van der Waals surface area contributed by atoms with Gasteiger partial charge in [-0.1, -0.05) is 15.9 Å². The molecule has 0 saturated carbocycles. The lowest BCUT2D eigenvalue weighted by molar-refractivity contribution is -0.143. The summed E-state index contributed by atoms with van der Waals surface area (Å²) in [6, 6.07) is 1.38. The van der Waals surface area contributed by atoms with Crippen LogP contribution < -0.4 is 0 Å². The van der Waals surface area contributed by atoms with Crippen LogP contribution in [0.2, 0.25) is 0 Å². The third kappa shape index (κ3) is 3.76. The van der Waals surface area contributed by atoms with Crippen LogP contribution in [0.15, 0.2) is 23.2 Å². The molecule has 0 spiro atoms. The van der Waals surface area contributed by atoms with Crippen molar-refractivity contribution in [3.05, 3.63) is 39.9 Å².